The Balaban J connectivity index is 1.62. The summed E-state index contributed by atoms with van der Waals surface area (Å²) < 4.78 is 12.2. The van der Waals surface area contributed by atoms with E-state index in [1.165, 1.54) is 6.07 Å². The molecule has 1 saturated heterocycles. The van der Waals surface area contributed by atoms with Crippen LogP contribution in [0.2, 0.25) is 0 Å². The molecule has 0 radical (unpaired) electrons. The van der Waals surface area contributed by atoms with E-state index in [2.05, 4.69) is 4.90 Å². The molecule has 0 atom stereocenters. The van der Waals surface area contributed by atoms with Crippen LogP contribution in [-0.2, 0) is 4.74 Å². The molecule has 0 N–H and O–H groups in total. The highest BCUT2D eigenvalue weighted by Gasteiger charge is 2.23. The topological polar surface area (TPSA) is 104 Å². The third-order valence-corrected chi connectivity index (χ3v) is 6.61. The van der Waals surface area contributed by atoms with Gasteiger partial charge in [-0.05, 0) is 48.9 Å². The molecule has 36 heavy (non-hydrogen) atoms. The first-order valence-electron chi connectivity index (χ1n) is 11.6. The summed E-state index contributed by atoms with van der Waals surface area (Å²) in [5.74, 6) is 0. The van der Waals surface area contributed by atoms with Crippen molar-refractivity contribution in [2.45, 2.75) is 6.92 Å². The highest BCUT2D eigenvalue weighted by atomic mass is 16.6. The average Bonchev–Trinajstić information content (AvgIpc) is 3.29. The number of anilines is 1. The van der Waals surface area contributed by atoms with Crippen LogP contribution in [0.3, 0.4) is 0 Å². The summed E-state index contributed by atoms with van der Waals surface area (Å²) in [6.07, 6.45) is 1.70. The van der Waals surface area contributed by atoms with E-state index in [0.29, 0.717) is 42.8 Å². The Morgan fingerprint density at radius 3 is 2.53 bits per heavy atom. The second-order valence-corrected chi connectivity index (χ2v) is 8.77. The van der Waals surface area contributed by atoms with Gasteiger partial charge in [0.25, 0.3) is 11.2 Å². The molecule has 1 aliphatic rings. The Bertz CT molecular complexity index is 1700. The van der Waals surface area contributed by atoms with Crippen molar-refractivity contribution in [1.82, 2.24) is 9.78 Å². The van der Waals surface area contributed by atoms with E-state index in [0.717, 1.165) is 32.5 Å². The van der Waals surface area contributed by atoms with Crippen LogP contribution in [0.25, 0.3) is 38.7 Å². The summed E-state index contributed by atoms with van der Waals surface area (Å²) in [6, 6.07) is 17.7. The lowest BCUT2D eigenvalue weighted by Crippen LogP contribution is -2.36. The summed E-state index contributed by atoms with van der Waals surface area (Å²) in [7, 11) is 0. The summed E-state index contributed by atoms with van der Waals surface area (Å²) in [4.78, 5) is 27.2. The van der Waals surface area contributed by atoms with Crippen LogP contribution in [0.5, 0.6) is 0 Å². The minimum Gasteiger partial charge on any atom is -0.464 e. The van der Waals surface area contributed by atoms with Crippen LogP contribution in [0.15, 0.2) is 76.1 Å². The van der Waals surface area contributed by atoms with Crippen molar-refractivity contribution >= 4 is 33.1 Å². The highest BCUT2D eigenvalue weighted by Crippen LogP contribution is 2.32. The van der Waals surface area contributed by atoms with E-state index in [4.69, 9.17) is 14.3 Å². The molecule has 9 heteroatoms. The monoisotopic (exact) mass is 482 g/mol. The molecule has 6 rings (SSSR count). The van der Waals surface area contributed by atoms with Gasteiger partial charge in [0.05, 0.1) is 35.5 Å². The van der Waals surface area contributed by atoms with Gasteiger partial charge in [-0.2, -0.15) is 9.78 Å². The normalized spacial score (nSPS) is 14.0. The van der Waals surface area contributed by atoms with Crippen molar-refractivity contribution in [2.24, 2.45) is 0 Å². The first-order chi connectivity index (χ1) is 17.5. The van der Waals surface area contributed by atoms with Gasteiger partial charge in [-0.1, -0.05) is 18.2 Å². The minimum atomic E-state index is -0.484. The summed E-state index contributed by atoms with van der Waals surface area (Å²) in [6.45, 7) is 4.42. The van der Waals surface area contributed by atoms with E-state index in [9.17, 15) is 14.9 Å². The first kappa shape index (κ1) is 22.0. The Morgan fingerprint density at radius 2 is 1.75 bits per heavy atom. The standard InChI is InChI=1S/C27H22N4O5/c1-17-16-36-25-9-6-18(14-22(17)25)26-20-4-2-3-5-21(20)27(32)30(28-26)24-15-19(7-8-23(24)31(33)34)29-10-12-35-13-11-29/h2-9,14-16H,10-13H2,1H3. The Kier molecular flexibility index (Phi) is 5.26. The maximum atomic E-state index is 13.6. The quantitative estimate of drug-likeness (QED) is 0.266. The minimum absolute atomic E-state index is 0.126. The van der Waals surface area contributed by atoms with Gasteiger partial charge in [0.1, 0.15) is 11.3 Å². The number of morpholine rings is 1. The average molecular weight is 482 g/mol. The number of ether oxygens (including phenoxy) is 1. The Hall–Kier alpha value is -4.50. The smallest absolute Gasteiger partial charge is 0.295 e. The number of rotatable bonds is 4. The number of aromatic nitrogens is 2. The Morgan fingerprint density at radius 1 is 0.972 bits per heavy atom. The van der Waals surface area contributed by atoms with Gasteiger partial charge in [0, 0.05) is 41.2 Å². The van der Waals surface area contributed by atoms with Crippen LogP contribution in [-0.4, -0.2) is 41.0 Å². The van der Waals surface area contributed by atoms with Gasteiger partial charge >= 0.3 is 0 Å². The molecule has 1 fully saturated rings. The van der Waals surface area contributed by atoms with Gasteiger partial charge in [0.2, 0.25) is 0 Å². The Labute approximate surface area is 205 Å². The molecule has 3 aromatic carbocycles. The van der Waals surface area contributed by atoms with E-state index in [1.54, 1.807) is 30.5 Å². The molecule has 9 nitrogen and oxygen atoms in total. The lowest BCUT2D eigenvalue weighted by molar-refractivity contribution is -0.384. The molecule has 5 aromatic rings. The second-order valence-electron chi connectivity index (χ2n) is 8.77. The maximum absolute atomic E-state index is 13.6. The fourth-order valence-corrected chi connectivity index (χ4v) is 4.72. The van der Waals surface area contributed by atoms with Crippen molar-refractivity contribution in [2.75, 3.05) is 31.2 Å². The molecule has 0 saturated carbocycles. The largest absolute Gasteiger partial charge is 0.464 e. The van der Waals surface area contributed by atoms with Gasteiger partial charge in [-0.25, -0.2) is 0 Å². The molecule has 180 valence electrons. The molecule has 0 unspecified atom stereocenters. The van der Waals surface area contributed by atoms with E-state index < -0.39 is 10.5 Å². The highest BCUT2D eigenvalue weighted by molar-refractivity contribution is 5.96. The van der Waals surface area contributed by atoms with Crippen LogP contribution in [0.4, 0.5) is 11.4 Å². The van der Waals surface area contributed by atoms with Gasteiger partial charge < -0.3 is 14.1 Å². The van der Waals surface area contributed by atoms with Crippen LogP contribution in [0.1, 0.15) is 5.56 Å². The lowest BCUT2D eigenvalue weighted by Gasteiger charge is -2.29. The predicted molar refractivity (Wildman–Crippen MR) is 137 cm³/mol. The second kappa shape index (κ2) is 8.62. The molecule has 3 heterocycles. The molecule has 0 spiro atoms. The van der Waals surface area contributed by atoms with Crippen molar-refractivity contribution in [3.05, 3.63) is 93.0 Å². The molecule has 0 amide bonds. The molecule has 2 aromatic heterocycles. The molecule has 0 bridgehead atoms. The fraction of sp³-hybridized carbons (Fsp3) is 0.185. The predicted octanol–water partition coefficient (Wildman–Crippen LogP) is 4.85. The summed E-state index contributed by atoms with van der Waals surface area (Å²) in [5, 5.41) is 18.7. The number of nitro benzene ring substituents is 1. The molecular formula is C27H22N4O5. The van der Waals surface area contributed by atoms with E-state index in [-0.39, 0.29) is 11.4 Å². The number of benzene rings is 3. The van der Waals surface area contributed by atoms with Gasteiger partial charge in [0.15, 0.2) is 0 Å². The van der Waals surface area contributed by atoms with Crippen LogP contribution in [0, 0.1) is 17.0 Å². The van der Waals surface area contributed by atoms with Crippen LogP contribution >= 0.6 is 0 Å². The third-order valence-electron chi connectivity index (χ3n) is 6.61. The number of fused-ring (bicyclic) bond motifs is 2. The van der Waals surface area contributed by atoms with Gasteiger partial charge in [-0.3, -0.25) is 14.9 Å². The number of hydrogen-bond donors (Lipinski definition) is 0. The summed E-state index contributed by atoms with van der Waals surface area (Å²) >= 11 is 0. The van der Waals surface area contributed by atoms with Crippen LogP contribution < -0.4 is 10.5 Å². The zero-order valence-corrected chi connectivity index (χ0v) is 19.5. The zero-order chi connectivity index (χ0) is 24.8. The van der Waals surface area contributed by atoms with Crippen molar-refractivity contribution in [3.63, 3.8) is 0 Å². The zero-order valence-electron chi connectivity index (χ0n) is 19.5. The first-order valence-corrected chi connectivity index (χ1v) is 11.6. The molecular weight excluding hydrogens is 460 g/mol. The lowest BCUT2D eigenvalue weighted by atomic mass is 10.0. The number of nitro groups is 1. The van der Waals surface area contributed by atoms with Crippen molar-refractivity contribution in [3.8, 4) is 16.9 Å². The maximum Gasteiger partial charge on any atom is 0.295 e. The summed E-state index contributed by atoms with van der Waals surface area (Å²) in [5.41, 5.74) is 3.36. The number of furan rings is 1. The number of hydrogen-bond acceptors (Lipinski definition) is 7. The van der Waals surface area contributed by atoms with Crippen molar-refractivity contribution < 1.29 is 14.1 Å². The van der Waals surface area contributed by atoms with Crippen molar-refractivity contribution in [1.29, 1.82) is 0 Å². The fourth-order valence-electron chi connectivity index (χ4n) is 4.72. The number of nitrogens with zero attached hydrogens (tertiary/aromatic N) is 4. The van der Waals surface area contributed by atoms with E-state index in [1.807, 2.05) is 37.3 Å². The molecule has 0 aliphatic carbocycles. The SMILES string of the molecule is Cc1coc2ccc(-c3nn(-c4cc(N5CCOCC5)ccc4[N+](=O)[O-])c(=O)c4ccccc34)cc12. The van der Waals surface area contributed by atoms with Gasteiger partial charge in [-0.15, -0.1) is 0 Å². The van der Waals surface area contributed by atoms with E-state index >= 15 is 0 Å². The molecule has 1 aliphatic heterocycles. The third kappa shape index (κ3) is 3.61. The number of aryl methyl sites for hydroxylation is 1.